The topological polar surface area (TPSA) is 79.2 Å². The second kappa shape index (κ2) is 8.52. The minimum Gasteiger partial charge on any atom is -0.360 e. The van der Waals surface area contributed by atoms with Crippen molar-refractivity contribution in [1.29, 1.82) is 0 Å². The predicted molar refractivity (Wildman–Crippen MR) is 109 cm³/mol. The van der Waals surface area contributed by atoms with E-state index in [1.165, 1.54) is 12.8 Å². The number of nitrogens with one attached hydrogen (secondary N) is 3. The van der Waals surface area contributed by atoms with Crippen LogP contribution in [0.25, 0.3) is 11.3 Å². The number of carbonyl (C=O) groups is 1. The fraction of sp³-hybridized carbons (Fsp3) is 0.450. The van der Waals surface area contributed by atoms with Crippen LogP contribution in [-0.2, 0) is 0 Å². The van der Waals surface area contributed by atoms with E-state index in [1.807, 2.05) is 30.3 Å². The normalized spacial score (nSPS) is 22.1. The molecule has 0 bridgehead atoms. The van der Waals surface area contributed by atoms with E-state index in [-0.39, 0.29) is 5.91 Å². The van der Waals surface area contributed by atoms with Crippen molar-refractivity contribution in [2.45, 2.75) is 46.1 Å². The van der Waals surface area contributed by atoms with Crippen LogP contribution in [0.15, 0.2) is 34.9 Å². The van der Waals surface area contributed by atoms with Crippen LogP contribution in [0, 0.1) is 18.8 Å². The average molecular weight is 387 g/mol. The SMILES string of the molecule is Cc1onc(-c2ccccc2)c1C(=O)NNC(=S)N[C@@H]1CCC[C@@H](C)[C@@H]1C. The molecule has 7 heteroatoms. The molecule has 3 N–H and O–H groups in total. The van der Waals surface area contributed by atoms with Gasteiger partial charge in [-0.05, 0) is 37.4 Å². The molecule has 1 fully saturated rings. The first-order valence-corrected chi connectivity index (χ1v) is 9.76. The summed E-state index contributed by atoms with van der Waals surface area (Å²) < 4.78 is 5.24. The Kier molecular flexibility index (Phi) is 6.11. The molecule has 1 aromatic carbocycles. The van der Waals surface area contributed by atoms with Crippen molar-refractivity contribution >= 4 is 23.2 Å². The Hall–Kier alpha value is -2.41. The molecule has 6 nitrogen and oxygen atoms in total. The molecule has 1 saturated carbocycles. The maximum absolute atomic E-state index is 12.7. The van der Waals surface area contributed by atoms with Gasteiger partial charge in [0.15, 0.2) is 5.11 Å². The van der Waals surface area contributed by atoms with E-state index < -0.39 is 0 Å². The van der Waals surface area contributed by atoms with Gasteiger partial charge in [-0.15, -0.1) is 0 Å². The van der Waals surface area contributed by atoms with Crippen LogP contribution in [0.5, 0.6) is 0 Å². The Morgan fingerprint density at radius 1 is 1.19 bits per heavy atom. The van der Waals surface area contributed by atoms with Crippen LogP contribution in [0.4, 0.5) is 0 Å². The molecule has 1 aliphatic rings. The zero-order valence-electron chi connectivity index (χ0n) is 15.9. The highest BCUT2D eigenvalue weighted by atomic mass is 32.1. The summed E-state index contributed by atoms with van der Waals surface area (Å²) in [6.07, 6.45) is 3.54. The van der Waals surface area contributed by atoms with Gasteiger partial charge < -0.3 is 9.84 Å². The third-order valence-electron chi connectivity index (χ3n) is 5.45. The van der Waals surface area contributed by atoms with Crippen molar-refractivity contribution in [3.8, 4) is 11.3 Å². The molecule has 0 aliphatic heterocycles. The van der Waals surface area contributed by atoms with E-state index in [0.29, 0.717) is 40.0 Å². The largest absolute Gasteiger partial charge is 0.360 e. The van der Waals surface area contributed by atoms with Crippen LogP contribution in [-0.4, -0.2) is 22.2 Å². The third kappa shape index (κ3) is 4.47. The van der Waals surface area contributed by atoms with Gasteiger partial charge in [0, 0.05) is 11.6 Å². The lowest BCUT2D eigenvalue weighted by Crippen LogP contribution is -2.52. The smallest absolute Gasteiger partial charge is 0.275 e. The summed E-state index contributed by atoms with van der Waals surface area (Å²) in [4.78, 5) is 12.7. The molecule has 0 saturated heterocycles. The minimum absolute atomic E-state index is 0.322. The van der Waals surface area contributed by atoms with Crippen molar-refractivity contribution in [2.75, 3.05) is 0 Å². The quantitative estimate of drug-likeness (QED) is 0.553. The lowest BCUT2D eigenvalue weighted by Gasteiger charge is -2.35. The molecule has 0 radical (unpaired) electrons. The highest BCUT2D eigenvalue weighted by Crippen LogP contribution is 2.29. The minimum atomic E-state index is -0.332. The monoisotopic (exact) mass is 386 g/mol. The maximum Gasteiger partial charge on any atom is 0.275 e. The van der Waals surface area contributed by atoms with E-state index in [4.69, 9.17) is 16.7 Å². The molecular weight excluding hydrogens is 360 g/mol. The van der Waals surface area contributed by atoms with Gasteiger partial charge in [-0.2, -0.15) is 0 Å². The van der Waals surface area contributed by atoms with E-state index >= 15 is 0 Å². The number of hydrogen-bond donors (Lipinski definition) is 3. The molecule has 0 spiro atoms. The number of thiocarbonyl (C=S) groups is 1. The molecule has 3 rings (SSSR count). The molecular formula is C20H26N4O2S. The summed E-state index contributed by atoms with van der Waals surface area (Å²) in [5.74, 6) is 1.34. The van der Waals surface area contributed by atoms with Crippen LogP contribution in [0.2, 0.25) is 0 Å². The summed E-state index contributed by atoms with van der Waals surface area (Å²) in [6.45, 7) is 6.24. The van der Waals surface area contributed by atoms with E-state index in [0.717, 1.165) is 12.0 Å². The van der Waals surface area contributed by atoms with E-state index in [2.05, 4.69) is 35.2 Å². The van der Waals surface area contributed by atoms with Gasteiger partial charge in [-0.25, -0.2) is 0 Å². The van der Waals surface area contributed by atoms with Crippen molar-refractivity contribution in [1.82, 2.24) is 21.3 Å². The summed E-state index contributed by atoms with van der Waals surface area (Å²) in [6, 6.07) is 9.80. The van der Waals surface area contributed by atoms with Crippen LogP contribution < -0.4 is 16.2 Å². The number of aryl methyl sites for hydroxylation is 1. The summed E-state index contributed by atoms with van der Waals surface area (Å²) >= 11 is 5.36. The lowest BCUT2D eigenvalue weighted by atomic mass is 9.78. The Morgan fingerprint density at radius 2 is 1.93 bits per heavy atom. The first kappa shape index (κ1) is 19.4. The number of benzene rings is 1. The highest BCUT2D eigenvalue weighted by molar-refractivity contribution is 7.80. The molecule has 144 valence electrons. The zero-order chi connectivity index (χ0) is 19.4. The second-order valence-electron chi connectivity index (χ2n) is 7.25. The van der Waals surface area contributed by atoms with Gasteiger partial charge in [-0.1, -0.05) is 62.2 Å². The number of hydrogen-bond acceptors (Lipinski definition) is 4. The Labute approximate surface area is 165 Å². The van der Waals surface area contributed by atoms with Crippen LogP contribution in [0.1, 0.15) is 49.2 Å². The molecule has 3 atom stereocenters. The van der Waals surface area contributed by atoms with Crippen LogP contribution >= 0.6 is 12.2 Å². The molecule has 1 aromatic heterocycles. The molecule has 27 heavy (non-hydrogen) atoms. The van der Waals surface area contributed by atoms with E-state index in [1.54, 1.807) is 6.92 Å². The van der Waals surface area contributed by atoms with Gasteiger partial charge in [0.25, 0.3) is 5.91 Å². The maximum atomic E-state index is 12.7. The second-order valence-corrected chi connectivity index (χ2v) is 7.66. The van der Waals surface area contributed by atoms with Gasteiger partial charge in [0.05, 0.1) is 0 Å². The molecule has 1 aliphatic carbocycles. The van der Waals surface area contributed by atoms with Gasteiger partial charge in [0.1, 0.15) is 17.0 Å². The Morgan fingerprint density at radius 3 is 2.67 bits per heavy atom. The zero-order valence-corrected chi connectivity index (χ0v) is 16.7. The number of aromatic nitrogens is 1. The third-order valence-corrected chi connectivity index (χ3v) is 5.67. The summed E-state index contributed by atoms with van der Waals surface area (Å²) in [7, 11) is 0. The van der Waals surface area contributed by atoms with E-state index in [9.17, 15) is 4.79 Å². The molecule has 1 heterocycles. The van der Waals surface area contributed by atoms with Crippen molar-refractivity contribution in [2.24, 2.45) is 11.8 Å². The Bertz CT molecular complexity index is 806. The standard InChI is InChI=1S/C20H26N4O2S/c1-12-8-7-11-16(13(12)2)21-20(27)23-22-19(25)17-14(3)26-24-18(17)15-9-5-4-6-10-15/h4-6,9-10,12-13,16H,7-8,11H2,1-3H3,(H,22,25)(H2,21,23,27)/t12-,13+,16-/m1/s1. The molecule has 2 aromatic rings. The highest BCUT2D eigenvalue weighted by Gasteiger charge is 2.27. The first-order chi connectivity index (χ1) is 13.0. The van der Waals surface area contributed by atoms with Crippen molar-refractivity contribution in [3.05, 3.63) is 41.7 Å². The van der Waals surface area contributed by atoms with Crippen molar-refractivity contribution < 1.29 is 9.32 Å². The number of carbonyl (C=O) groups excluding carboxylic acids is 1. The predicted octanol–water partition coefficient (Wildman–Crippen LogP) is 3.58. The Balaban J connectivity index is 1.61. The van der Waals surface area contributed by atoms with Crippen LogP contribution in [0.3, 0.4) is 0 Å². The van der Waals surface area contributed by atoms with Gasteiger partial charge in [-0.3, -0.25) is 15.6 Å². The number of amides is 1. The number of nitrogens with zero attached hydrogens (tertiary/aromatic N) is 1. The fourth-order valence-corrected chi connectivity index (χ4v) is 3.80. The number of rotatable bonds is 3. The van der Waals surface area contributed by atoms with Gasteiger partial charge >= 0.3 is 0 Å². The average Bonchev–Trinajstić information content (AvgIpc) is 3.06. The molecule has 0 unspecified atom stereocenters. The van der Waals surface area contributed by atoms with Gasteiger partial charge in [0.2, 0.25) is 0 Å². The van der Waals surface area contributed by atoms with Crippen molar-refractivity contribution in [3.63, 3.8) is 0 Å². The first-order valence-electron chi connectivity index (χ1n) is 9.36. The molecule has 1 amide bonds. The lowest BCUT2D eigenvalue weighted by molar-refractivity contribution is 0.0942. The summed E-state index contributed by atoms with van der Waals surface area (Å²) in [5.41, 5.74) is 7.21. The number of hydrazine groups is 1. The summed E-state index contributed by atoms with van der Waals surface area (Å²) in [5, 5.41) is 7.78. The fourth-order valence-electron chi connectivity index (χ4n) is 3.60.